The van der Waals surface area contributed by atoms with Crippen molar-refractivity contribution < 1.29 is 0 Å². The highest BCUT2D eigenvalue weighted by atomic mass is 33.1. The minimum absolute atomic E-state index is 0.784. The van der Waals surface area contributed by atoms with Gasteiger partial charge in [-0.25, -0.2) is 9.97 Å². The summed E-state index contributed by atoms with van der Waals surface area (Å²) in [7, 11) is 3.10. The Morgan fingerprint density at radius 1 is 0.944 bits per heavy atom. The summed E-state index contributed by atoms with van der Waals surface area (Å²) in [5.41, 5.74) is 2.00. The van der Waals surface area contributed by atoms with Crippen molar-refractivity contribution in [1.82, 2.24) is 19.9 Å². The lowest BCUT2D eigenvalue weighted by Crippen LogP contribution is -1.80. The molecule has 0 amide bonds. The first-order chi connectivity index (χ1) is 8.81. The minimum Gasteiger partial charge on any atom is -0.339 e. The van der Waals surface area contributed by atoms with Crippen LogP contribution < -0.4 is 0 Å². The number of imidazole rings is 2. The molecule has 94 valence electrons. The predicted octanol–water partition coefficient (Wildman–Crippen LogP) is 3.39. The van der Waals surface area contributed by atoms with Gasteiger partial charge < -0.3 is 9.97 Å². The molecular formula is C12H14N4S2. The van der Waals surface area contributed by atoms with E-state index in [0.29, 0.717) is 0 Å². The van der Waals surface area contributed by atoms with Crippen LogP contribution in [0.2, 0.25) is 0 Å². The molecule has 2 aromatic rings. The Morgan fingerprint density at radius 3 is 1.78 bits per heavy atom. The minimum atomic E-state index is 0.784. The molecule has 18 heavy (non-hydrogen) atoms. The Morgan fingerprint density at radius 2 is 1.39 bits per heavy atom. The Hall–Kier alpha value is -1.40. The molecule has 2 heterocycles. The Bertz CT molecular complexity index is 481. The largest absolute Gasteiger partial charge is 0.339 e. The molecule has 0 aliphatic heterocycles. The molecule has 2 rings (SSSR count). The van der Waals surface area contributed by atoms with Gasteiger partial charge in [-0.3, -0.25) is 0 Å². The molecule has 0 saturated heterocycles. The van der Waals surface area contributed by atoms with Crippen molar-refractivity contribution in [3.63, 3.8) is 0 Å². The van der Waals surface area contributed by atoms with Gasteiger partial charge in [0.25, 0.3) is 0 Å². The number of rotatable bonds is 7. The first-order valence-electron chi connectivity index (χ1n) is 5.46. The van der Waals surface area contributed by atoms with Crippen LogP contribution >= 0.6 is 21.6 Å². The van der Waals surface area contributed by atoms with Crippen LogP contribution in [0.3, 0.4) is 0 Å². The summed E-state index contributed by atoms with van der Waals surface area (Å²) in [6.45, 7) is 7.38. The molecule has 2 N–H and O–H groups in total. The van der Waals surface area contributed by atoms with E-state index < -0.39 is 0 Å². The number of H-pyrrole nitrogens is 2. The molecule has 0 radical (unpaired) electrons. The number of nitrogens with zero attached hydrogens (tertiary/aromatic N) is 2. The summed E-state index contributed by atoms with van der Waals surface area (Å²) in [5, 5.41) is 1.75. The second-order valence-electron chi connectivity index (χ2n) is 3.55. The number of aromatic nitrogens is 4. The molecule has 0 aromatic carbocycles. The van der Waals surface area contributed by atoms with Crippen molar-refractivity contribution in [3.8, 4) is 0 Å². The lowest BCUT2D eigenvalue weighted by molar-refractivity contribution is 1.02. The highest BCUT2D eigenvalue weighted by Crippen LogP contribution is 2.33. The predicted molar refractivity (Wildman–Crippen MR) is 76.7 cm³/mol. The van der Waals surface area contributed by atoms with Gasteiger partial charge in [0.05, 0.1) is 11.4 Å². The van der Waals surface area contributed by atoms with Gasteiger partial charge in [0.2, 0.25) is 0 Å². The average Bonchev–Trinajstić information content (AvgIpc) is 2.97. The SMILES string of the molecule is C=CCc1c[nH]c(SSc2nc(CC=C)c[nH]2)n1. The Balaban J connectivity index is 1.89. The molecule has 0 saturated carbocycles. The van der Waals surface area contributed by atoms with Gasteiger partial charge in [-0.05, 0) is 21.6 Å². The number of nitrogens with one attached hydrogen (secondary N) is 2. The smallest absolute Gasteiger partial charge is 0.176 e. The van der Waals surface area contributed by atoms with Crippen LogP contribution in [0.15, 0.2) is 48.0 Å². The molecule has 0 atom stereocenters. The molecular weight excluding hydrogens is 264 g/mol. The third-order valence-corrected chi connectivity index (χ3v) is 4.14. The summed E-state index contributed by atoms with van der Waals surface area (Å²) in [5.74, 6) is 0. The van der Waals surface area contributed by atoms with E-state index in [4.69, 9.17) is 0 Å². The van der Waals surface area contributed by atoms with Crippen LogP contribution in [0.4, 0.5) is 0 Å². The molecule has 0 spiro atoms. The molecule has 0 aliphatic rings. The number of hydrogen-bond acceptors (Lipinski definition) is 4. The van der Waals surface area contributed by atoms with Crippen molar-refractivity contribution in [1.29, 1.82) is 0 Å². The van der Waals surface area contributed by atoms with Crippen LogP contribution in [0.5, 0.6) is 0 Å². The highest BCUT2D eigenvalue weighted by molar-refractivity contribution is 8.76. The topological polar surface area (TPSA) is 57.4 Å². The van der Waals surface area contributed by atoms with Gasteiger partial charge in [-0.2, -0.15) is 0 Å². The summed E-state index contributed by atoms with van der Waals surface area (Å²) >= 11 is 0. The van der Waals surface area contributed by atoms with Gasteiger partial charge in [0, 0.05) is 25.2 Å². The van der Waals surface area contributed by atoms with Crippen molar-refractivity contribution in [2.24, 2.45) is 0 Å². The van der Waals surface area contributed by atoms with Gasteiger partial charge in [-0.15, -0.1) is 13.2 Å². The molecule has 4 nitrogen and oxygen atoms in total. The lowest BCUT2D eigenvalue weighted by atomic mass is 10.3. The Labute approximate surface area is 114 Å². The van der Waals surface area contributed by atoms with E-state index in [1.54, 1.807) is 21.6 Å². The number of allylic oxidation sites excluding steroid dienone is 2. The molecule has 6 heteroatoms. The summed E-state index contributed by atoms with van der Waals surface area (Å²) in [4.78, 5) is 15.1. The van der Waals surface area contributed by atoms with Gasteiger partial charge in [0.1, 0.15) is 0 Å². The first-order valence-corrected chi connectivity index (χ1v) is 7.61. The highest BCUT2D eigenvalue weighted by Gasteiger charge is 2.05. The monoisotopic (exact) mass is 278 g/mol. The van der Waals surface area contributed by atoms with E-state index in [1.165, 1.54) is 0 Å². The standard InChI is InChI=1S/C12H14N4S2/c1-3-5-9-7-13-11(15-9)17-18-12-14-8-10(16-12)6-4-2/h3-4,7-8H,1-2,5-6H2,(H,13,15)(H,14,16). The van der Waals surface area contributed by atoms with Crippen molar-refractivity contribution in [3.05, 3.63) is 49.1 Å². The van der Waals surface area contributed by atoms with Crippen LogP contribution in [0.25, 0.3) is 0 Å². The maximum Gasteiger partial charge on any atom is 0.176 e. The molecule has 0 aliphatic carbocycles. The van der Waals surface area contributed by atoms with E-state index >= 15 is 0 Å². The first kappa shape index (κ1) is 13.0. The molecule has 2 aromatic heterocycles. The zero-order chi connectivity index (χ0) is 12.8. The number of hydrogen-bond donors (Lipinski definition) is 2. The van der Waals surface area contributed by atoms with Crippen molar-refractivity contribution in [2.75, 3.05) is 0 Å². The third kappa shape index (κ3) is 3.54. The van der Waals surface area contributed by atoms with E-state index in [-0.39, 0.29) is 0 Å². The lowest BCUT2D eigenvalue weighted by Gasteiger charge is -1.92. The normalized spacial score (nSPS) is 10.4. The van der Waals surface area contributed by atoms with Crippen molar-refractivity contribution >= 4 is 21.6 Å². The van der Waals surface area contributed by atoms with Crippen LogP contribution in [0, 0.1) is 0 Å². The zero-order valence-electron chi connectivity index (χ0n) is 9.85. The second-order valence-corrected chi connectivity index (χ2v) is 5.65. The van der Waals surface area contributed by atoms with Gasteiger partial charge in [0.15, 0.2) is 10.3 Å². The van der Waals surface area contributed by atoms with E-state index in [9.17, 15) is 0 Å². The van der Waals surface area contributed by atoms with Crippen LogP contribution in [-0.4, -0.2) is 19.9 Å². The molecule has 0 fully saturated rings. The molecule has 0 unspecified atom stereocenters. The fourth-order valence-electron chi connectivity index (χ4n) is 1.35. The van der Waals surface area contributed by atoms with Crippen LogP contribution in [-0.2, 0) is 12.8 Å². The van der Waals surface area contributed by atoms with Gasteiger partial charge >= 0.3 is 0 Å². The van der Waals surface area contributed by atoms with E-state index in [0.717, 1.165) is 34.5 Å². The van der Waals surface area contributed by atoms with Crippen molar-refractivity contribution in [2.45, 2.75) is 23.2 Å². The molecule has 0 bridgehead atoms. The van der Waals surface area contributed by atoms with Crippen LogP contribution in [0.1, 0.15) is 11.4 Å². The Kier molecular flexibility index (Phi) is 4.72. The van der Waals surface area contributed by atoms with E-state index in [2.05, 4.69) is 33.1 Å². The quantitative estimate of drug-likeness (QED) is 0.602. The third-order valence-electron chi connectivity index (χ3n) is 2.12. The summed E-state index contributed by atoms with van der Waals surface area (Å²) in [6, 6.07) is 0. The average molecular weight is 278 g/mol. The summed E-state index contributed by atoms with van der Waals surface area (Å²) < 4.78 is 0. The fourth-order valence-corrected chi connectivity index (χ4v) is 3.02. The summed E-state index contributed by atoms with van der Waals surface area (Å²) in [6.07, 6.45) is 9.04. The fraction of sp³-hybridized carbons (Fsp3) is 0.167. The van der Waals surface area contributed by atoms with E-state index in [1.807, 2.05) is 24.5 Å². The maximum atomic E-state index is 4.42. The zero-order valence-corrected chi connectivity index (χ0v) is 11.5. The second kappa shape index (κ2) is 6.51. The van der Waals surface area contributed by atoms with Gasteiger partial charge in [-0.1, -0.05) is 12.2 Å². The maximum absolute atomic E-state index is 4.42. The number of aromatic amines is 2.